The van der Waals surface area contributed by atoms with E-state index in [9.17, 15) is 9.90 Å². The van der Waals surface area contributed by atoms with Gasteiger partial charge in [-0.25, -0.2) is 0 Å². The molecule has 0 saturated heterocycles. The van der Waals surface area contributed by atoms with E-state index in [1.165, 1.54) is 5.56 Å². The first kappa shape index (κ1) is 14.1. The zero-order chi connectivity index (χ0) is 13.8. The number of hydrogen-bond acceptors (Lipinski definition) is 2. The Bertz CT molecular complexity index is 437. The number of aromatic nitrogens is 1. The Balaban J connectivity index is 1.87. The molecule has 4 heteroatoms. The number of aliphatic hydroxyl groups excluding tert-OH is 1. The van der Waals surface area contributed by atoms with Crippen molar-refractivity contribution in [2.45, 2.75) is 52.2 Å². The van der Waals surface area contributed by atoms with Gasteiger partial charge in [-0.05, 0) is 37.2 Å². The summed E-state index contributed by atoms with van der Waals surface area (Å²) in [5.74, 6) is 0.650. The molecule has 1 atom stereocenters. The van der Waals surface area contributed by atoms with Gasteiger partial charge in [-0.15, -0.1) is 0 Å². The predicted molar refractivity (Wildman–Crippen MR) is 74.8 cm³/mol. The Morgan fingerprint density at radius 2 is 2.32 bits per heavy atom. The second kappa shape index (κ2) is 6.24. The molecule has 0 aliphatic heterocycles. The number of carbonyl (C=O) groups is 1. The Morgan fingerprint density at radius 1 is 1.53 bits per heavy atom. The summed E-state index contributed by atoms with van der Waals surface area (Å²) in [6.45, 7) is 5.37. The van der Waals surface area contributed by atoms with Crippen LogP contribution in [0.5, 0.6) is 0 Å². The van der Waals surface area contributed by atoms with Crippen molar-refractivity contribution in [2.24, 2.45) is 5.92 Å². The van der Waals surface area contributed by atoms with Crippen molar-refractivity contribution in [3.8, 4) is 0 Å². The van der Waals surface area contributed by atoms with Crippen LogP contribution in [0.2, 0.25) is 0 Å². The smallest absolute Gasteiger partial charge is 0.239 e. The molecular weight excluding hydrogens is 240 g/mol. The van der Waals surface area contributed by atoms with Crippen molar-refractivity contribution >= 4 is 5.91 Å². The summed E-state index contributed by atoms with van der Waals surface area (Å²) in [7, 11) is 0. The maximum absolute atomic E-state index is 11.8. The molecule has 1 aromatic rings. The van der Waals surface area contributed by atoms with Crippen LogP contribution in [0.4, 0.5) is 0 Å². The summed E-state index contributed by atoms with van der Waals surface area (Å²) in [6.07, 6.45) is 7.44. The van der Waals surface area contributed by atoms with Crippen molar-refractivity contribution in [3.05, 3.63) is 23.5 Å². The molecule has 19 heavy (non-hydrogen) atoms. The lowest BCUT2D eigenvalue weighted by Crippen LogP contribution is -2.28. The summed E-state index contributed by atoms with van der Waals surface area (Å²) < 4.78 is 1.89. The lowest BCUT2D eigenvalue weighted by molar-refractivity contribution is -0.121. The number of nitrogens with one attached hydrogen (secondary N) is 1. The largest absolute Gasteiger partial charge is 0.388 e. The zero-order valence-corrected chi connectivity index (χ0v) is 11.9. The van der Waals surface area contributed by atoms with Crippen LogP contribution in [0.15, 0.2) is 12.4 Å². The first-order chi connectivity index (χ1) is 9.06. The third kappa shape index (κ3) is 3.83. The summed E-state index contributed by atoms with van der Waals surface area (Å²) in [5.41, 5.74) is 2.19. The second-order valence-corrected chi connectivity index (χ2v) is 5.85. The van der Waals surface area contributed by atoms with Gasteiger partial charge < -0.3 is 15.0 Å². The average Bonchev–Trinajstić information content (AvgIpc) is 2.72. The maximum atomic E-state index is 11.8. The van der Waals surface area contributed by atoms with Gasteiger partial charge in [-0.3, -0.25) is 4.79 Å². The van der Waals surface area contributed by atoms with Gasteiger partial charge >= 0.3 is 0 Å². The van der Waals surface area contributed by atoms with Crippen molar-refractivity contribution in [2.75, 3.05) is 6.54 Å². The Kier molecular flexibility index (Phi) is 4.64. The molecule has 1 aliphatic carbocycles. The van der Waals surface area contributed by atoms with Gasteiger partial charge in [0, 0.05) is 24.5 Å². The van der Waals surface area contributed by atoms with E-state index in [1.807, 2.05) is 17.0 Å². The van der Waals surface area contributed by atoms with Crippen LogP contribution in [0.25, 0.3) is 0 Å². The lowest BCUT2D eigenvalue weighted by Gasteiger charge is -2.16. The van der Waals surface area contributed by atoms with Gasteiger partial charge in [0.1, 0.15) is 6.54 Å². The summed E-state index contributed by atoms with van der Waals surface area (Å²) >= 11 is 0. The molecule has 2 rings (SSSR count). The van der Waals surface area contributed by atoms with Gasteiger partial charge in [0.05, 0.1) is 6.10 Å². The van der Waals surface area contributed by atoms with Gasteiger partial charge in [0.15, 0.2) is 0 Å². The van der Waals surface area contributed by atoms with Crippen LogP contribution in [0, 0.1) is 5.92 Å². The normalized spacial score (nSPS) is 18.4. The molecule has 0 aromatic carbocycles. The minimum Gasteiger partial charge on any atom is -0.388 e. The highest BCUT2D eigenvalue weighted by molar-refractivity contribution is 5.75. The van der Waals surface area contributed by atoms with Gasteiger partial charge in [0.25, 0.3) is 0 Å². The Morgan fingerprint density at radius 3 is 3.00 bits per heavy atom. The highest BCUT2D eigenvalue weighted by Gasteiger charge is 2.20. The molecule has 2 N–H and O–H groups in total. The lowest BCUT2D eigenvalue weighted by atomic mass is 9.93. The van der Waals surface area contributed by atoms with E-state index in [-0.39, 0.29) is 12.0 Å². The number of carbonyl (C=O) groups excluding carboxylic acids is 1. The SMILES string of the molecule is CC(C)CCNC(=O)Cn1cc2c(c1)C(O)CCC2. The molecule has 4 nitrogen and oxygen atoms in total. The average molecular weight is 264 g/mol. The van der Waals surface area contributed by atoms with Crippen molar-refractivity contribution in [3.63, 3.8) is 0 Å². The van der Waals surface area contributed by atoms with Gasteiger partial charge in [-0.2, -0.15) is 0 Å². The molecule has 1 unspecified atom stereocenters. The fraction of sp³-hybridized carbons (Fsp3) is 0.667. The molecule has 1 aromatic heterocycles. The third-order valence-corrected chi connectivity index (χ3v) is 3.65. The Hall–Kier alpha value is -1.29. The van der Waals surface area contributed by atoms with E-state index in [4.69, 9.17) is 0 Å². The molecule has 0 fully saturated rings. The summed E-state index contributed by atoms with van der Waals surface area (Å²) in [6, 6.07) is 0. The molecule has 0 saturated carbocycles. The van der Waals surface area contributed by atoms with Crippen LogP contribution in [-0.2, 0) is 17.8 Å². The van der Waals surface area contributed by atoms with Gasteiger partial charge in [-0.1, -0.05) is 13.8 Å². The van der Waals surface area contributed by atoms with E-state index in [0.717, 1.165) is 37.8 Å². The molecular formula is C15H24N2O2. The molecule has 1 heterocycles. The van der Waals surface area contributed by atoms with E-state index < -0.39 is 0 Å². The Labute approximate surface area is 114 Å². The number of nitrogens with zero attached hydrogens (tertiary/aromatic N) is 1. The fourth-order valence-corrected chi connectivity index (χ4v) is 2.54. The monoisotopic (exact) mass is 264 g/mol. The van der Waals surface area contributed by atoms with Crippen LogP contribution in [0.3, 0.4) is 0 Å². The van der Waals surface area contributed by atoms with E-state index in [1.54, 1.807) is 0 Å². The third-order valence-electron chi connectivity index (χ3n) is 3.65. The molecule has 0 spiro atoms. The fourth-order valence-electron chi connectivity index (χ4n) is 2.54. The highest BCUT2D eigenvalue weighted by Crippen LogP contribution is 2.30. The number of amides is 1. The minimum absolute atomic E-state index is 0.0440. The first-order valence-electron chi connectivity index (χ1n) is 7.19. The van der Waals surface area contributed by atoms with Crippen molar-refractivity contribution < 1.29 is 9.90 Å². The van der Waals surface area contributed by atoms with E-state index in [0.29, 0.717) is 12.5 Å². The zero-order valence-electron chi connectivity index (χ0n) is 11.9. The van der Waals surface area contributed by atoms with Gasteiger partial charge in [0.2, 0.25) is 5.91 Å². The topological polar surface area (TPSA) is 54.3 Å². The molecule has 0 bridgehead atoms. The number of hydrogen-bond donors (Lipinski definition) is 2. The first-order valence-corrected chi connectivity index (χ1v) is 7.19. The van der Waals surface area contributed by atoms with Crippen LogP contribution in [-0.4, -0.2) is 22.1 Å². The molecule has 106 valence electrons. The van der Waals surface area contributed by atoms with E-state index in [2.05, 4.69) is 19.2 Å². The van der Waals surface area contributed by atoms with Crippen LogP contribution in [0.1, 0.15) is 50.3 Å². The summed E-state index contributed by atoms with van der Waals surface area (Å²) in [4.78, 5) is 11.8. The van der Waals surface area contributed by atoms with Crippen molar-refractivity contribution in [1.29, 1.82) is 0 Å². The predicted octanol–water partition coefficient (Wildman–Crippen LogP) is 2.02. The number of fused-ring (bicyclic) bond motifs is 1. The molecule has 0 radical (unpaired) electrons. The standard InChI is InChI=1S/C15H24N2O2/c1-11(2)6-7-16-15(19)10-17-8-12-4-3-5-14(18)13(12)9-17/h8-9,11,14,18H,3-7,10H2,1-2H3,(H,16,19). The van der Waals surface area contributed by atoms with Crippen molar-refractivity contribution in [1.82, 2.24) is 9.88 Å². The maximum Gasteiger partial charge on any atom is 0.239 e. The quantitative estimate of drug-likeness (QED) is 0.855. The number of aryl methyl sites for hydroxylation is 1. The summed E-state index contributed by atoms with van der Waals surface area (Å²) in [5, 5.41) is 12.8. The minimum atomic E-state index is -0.353. The number of rotatable bonds is 5. The molecule has 1 amide bonds. The molecule has 1 aliphatic rings. The number of aliphatic hydroxyl groups is 1. The highest BCUT2D eigenvalue weighted by atomic mass is 16.3. The van der Waals surface area contributed by atoms with Crippen LogP contribution < -0.4 is 5.32 Å². The van der Waals surface area contributed by atoms with E-state index >= 15 is 0 Å². The second-order valence-electron chi connectivity index (χ2n) is 5.85. The van der Waals surface area contributed by atoms with Crippen LogP contribution >= 0.6 is 0 Å².